The first kappa shape index (κ1) is 16.0. The van der Waals surface area contributed by atoms with Gasteiger partial charge in [-0.25, -0.2) is 4.79 Å². The van der Waals surface area contributed by atoms with Crippen LogP contribution in [0.15, 0.2) is 30.6 Å². The van der Waals surface area contributed by atoms with Gasteiger partial charge in [-0.3, -0.25) is 4.68 Å². The maximum absolute atomic E-state index is 12.9. The molecule has 1 saturated heterocycles. The number of benzene rings is 1. The van der Waals surface area contributed by atoms with Gasteiger partial charge in [0.15, 0.2) is 0 Å². The van der Waals surface area contributed by atoms with Crippen molar-refractivity contribution in [2.24, 2.45) is 7.05 Å². The molecule has 2 heterocycles. The van der Waals surface area contributed by atoms with E-state index in [1.165, 1.54) is 0 Å². The van der Waals surface area contributed by atoms with Crippen LogP contribution < -0.4 is 5.32 Å². The number of aromatic nitrogens is 2. The third-order valence-electron chi connectivity index (χ3n) is 5.40. The summed E-state index contributed by atoms with van der Waals surface area (Å²) in [5.74, 6) is 0.339. The molecule has 25 heavy (non-hydrogen) atoms. The van der Waals surface area contributed by atoms with Crippen LogP contribution in [0.5, 0.6) is 5.75 Å². The monoisotopic (exact) mass is 340 g/mol. The average Bonchev–Trinajstić information content (AvgIpc) is 3.24. The molecule has 2 amide bonds. The fourth-order valence-electron chi connectivity index (χ4n) is 4.18. The smallest absolute Gasteiger partial charge is 0.318 e. The Labute approximate surface area is 147 Å². The van der Waals surface area contributed by atoms with Crippen LogP contribution in [0.3, 0.4) is 0 Å². The van der Waals surface area contributed by atoms with Crippen LogP contribution >= 0.6 is 0 Å². The molecule has 132 valence electrons. The number of carbonyl (C=O) groups is 1. The molecule has 2 N–H and O–H groups in total. The maximum atomic E-state index is 12.9. The molecule has 1 aliphatic carbocycles. The second-order valence-electron chi connectivity index (χ2n) is 7.04. The summed E-state index contributed by atoms with van der Waals surface area (Å²) in [6.45, 7) is 0.769. The molecule has 1 fully saturated rings. The zero-order valence-electron chi connectivity index (χ0n) is 14.5. The molecular weight excluding hydrogens is 316 g/mol. The number of aryl methyl sites for hydroxylation is 1. The van der Waals surface area contributed by atoms with Crippen LogP contribution in [0.1, 0.15) is 54.5 Å². The van der Waals surface area contributed by atoms with Gasteiger partial charge in [0.05, 0.1) is 18.3 Å². The van der Waals surface area contributed by atoms with Gasteiger partial charge in [0.1, 0.15) is 5.75 Å². The van der Waals surface area contributed by atoms with Gasteiger partial charge in [-0.2, -0.15) is 5.10 Å². The van der Waals surface area contributed by atoms with Crippen molar-refractivity contribution in [3.05, 3.63) is 47.3 Å². The van der Waals surface area contributed by atoms with E-state index in [1.807, 2.05) is 36.5 Å². The number of fused-ring (bicyclic) bond motifs is 1. The van der Waals surface area contributed by atoms with Crippen LogP contribution in [-0.4, -0.2) is 32.4 Å². The number of aromatic hydroxyl groups is 1. The highest BCUT2D eigenvalue weighted by atomic mass is 16.3. The highest BCUT2D eigenvalue weighted by Crippen LogP contribution is 2.36. The van der Waals surface area contributed by atoms with E-state index in [0.717, 1.165) is 55.3 Å². The molecule has 6 heteroatoms. The fourth-order valence-corrected chi connectivity index (χ4v) is 4.18. The number of rotatable bonds is 2. The summed E-state index contributed by atoms with van der Waals surface area (Å²) in [5.41, 5.74) is 3.12. The zero-order valence-corrected chi connectivity index (χ0v) is 14.5. The lowest BCUT2D eigenvalue weighted by atomic mass is 9.87. The second kappa shape index (κ2) is 6.43. The van der Waals surface area contributed by atoms with Crippen molar-refractivity contribution in [3.63, 3.8) is 0 Å². The summed E-state index contributed by atoms with van der Waals surface area (Å²) in [4.78, 5) is 14.8. The summed E-state index contributed by atoms with van der Waals surface area (Å²) in [6.07, 6.45) is 8.58. The summed E-state index contributed by atoms with van der Waals surface area (Å²) in [6, 6.07) is 5.64. The number of hydrogen-bond acceptors (Lipinski definition) is 3. The predicted molar refractivity (Wildman–Crippen MR) is 94.2 cm³/mol. The van der Waals surface area contributed by atoms with Crippen molar-refractivity contribution >= 4 is 6.03 Å². The summed E-state index contributed by atoms with van der Waals surface area (Å²) >= 11 is 0. The van der Waals surface area contributed by atoms with Crippen LogP contribution in [0.2, 0.25) is 0 Å². The van der Waals surface area contributed by atoms with Crippen LogP contribution in [0.4, 0.5) is 4.79 Å². The number of phenols is 1. The van der Waals surface area contributed by atoms with Gasteiger partial charge in [0, 0.05) is 25.4 Å². The molecule has 1 aromatic heterocycles. The zero-order chi connectivity index (χ0) is 17.4. The van der Waals surface area contributed by atoms with Crippen molar-refractivity contribution in [1.82, 2.24) is 20.0 Å². The first-order chi connectivity index (χ1) is 12.1. The number of phenolic OH excluding ortho intramolecular Hbond substituents is 1. The normalized spacial score (nSPS) is 22.7. The van der Waals surface area contributed by atoms with Gasteiger partial charge < -0.3 is 15.3 Å². The van der Waals surface area contributed by atoms with Crippen LogP contribution in [0, 0.1) is 0 Å². The molecule has 6 nitrogen and oxygen atoms in total. The molecular formula is C19H24N4O2. The average molecular weight is 340 g/mol. The molecule has 0 spiro atoms. The van der Waals surface area contributed by atoms with Gasteiger partial charge in [-0.05, 0) is 49.3 Å². The van der Waals surface area contributed by atoms with Crippen molar-refractivity contribution in [2.45, 2.75) is 44.2 Å². The third-order valence-corrected chi connectivity index (χ3v) is 5.40. The number of carbonyl (C=O) groups excluding carboxylic acids is 1. The summed E-state index contributed by atoms with van der Waals surface area (Å²) < 4.78 is 1.78. The van der Waals surface area contributed by atoms with Crippen molar-refractivity contribution in [2.75, 3.05) is 6.54 Å². The molecule has 2 aromatic rings. The number of nitrogens with one attached hydrogen (secondary N) is 1. The molecule has 4 rings (SSSR count). The van der Waals surface area contributed by atoms with Crippen molar-refractivity contribution < 1.29 is 9.90 Å². The number of hydrogen-bond donors (Lipinski definition) is 2. The van der Waals surface area contributed by atoms with Gasteiger partial charge in [0.2, 0.25) is 0 Å². The van der Waals surface area contributed by atoms with Crippen molar-refractivity contribution in [3.8, 4) is 5.75 Å². The molecule has 0 radical (unpaired) electrons. The minimum atomic E-state index is -0.0292. The molecule has 0 bridgehead atoms. The van der Waals surface area contributed by atoms with E-state index < -0.39 is 0 Å². The molecule has 1 aliphatic heterocycles. The molecule has 0 saturated carbocycles. The fraction of sp³-hybridized carbons (Fsp3) is 0.474. The number of nitrogens with zero attached hydrogens (tertiary/aromatic N) is 3. The van der Waals surface area contributed by atoms with Crippen molar-refractivity contribution in [1.29, 1.82) is 0 Å². The van der Waals surface area contributed by atoms with E-state index in [4.69, 9.17) is 0 Å². The predicted octanol–water partition coefficient (Wildman–Crippen LogP) is 3.05. The lowest BCUT2D eigenvalue weighted by molar-refractivity contribution is 0.187. The molecule has 2 aliphatic rings. The van der Waals surface area contributed by atoms with Gasteiger partial charge >= 0.3 is 6.03 Å². The molecule has 1 aromatic carbocycles. The SMILES string of the molecule is Cn1cc(C2CCCN2C(=O)NC2CCCc3c(O)cccc32)cn1. The van der Waals surface area contributed by atoms with Crippen LogP contribution in [-0.2, 0) is 13.5 Å². The van der Waals surface area contributed by atoms with Gasteiger partial charge in [-0.1, -0.05) is 12.1 Å². The number of urea groups is 1. The topological polar surface area (TPSA) is 70.4 Å². The lowest BCUT2D eigenvalue weighted by Crippen LogP contribution is -2.42. The highest BCUT2D eigenvalue weighted by Gasteiger charge is 2.33. The minimum Gasteiger partial charge on any atom is -0.508 e. The Morgan fingerprint density at radius 3 is 3.00 bits per heavy atom. The van der Waals surface area contributed by atoms with E-state index in [0.29, 0.717) is 5.75 Å². The first-order valence-corrected chi connectivity index (χ1v) is 9.00. The summed E-state index contributed by atoms with van der Waals surface area (Å²) in [7, 11) is 1.90. The van der Waals surface area contributed by atoms with E-state index in [9.17, 15) is 9.90 Å². The summed E-state index contributed by atoms with van der Waals surface area (Å²) in [5, 5.41) is 17.5. The Kier molecular flexibility index (Phi) is 4.11. The third kappa shape index (κ3) is 2.97. The Morgan fingerprint density at radius 2 is 2.20 bits per heavy atom. The highest BCUT2D eigenvalue weighted by molar-refractivity contribution is 5.76. The molecule has 2 atom stereocenters. The Morgan fingerprint density at radius 1 is 1.32 bits per heavy atom. The van der Waals surface area contributed by atoms with Crippen LogP contribution in [0.25, 0.3) is 0 Å². The number of amides is 2. The minimum absolute atomic E-state index is 0.0208. The van der Waals surface area contributed by atoms with E-state index in [2.05, 4.69) is 10.4 Å². The van der Waals surface area contributed by atoms with E-state index >= 15 is 0 Å². The lowest BCUT2D eigenvalue weighted by Gasteiger charge is -2.31. The Hall–Kier alpha value is -2.50. The van der Waals surface area contributed by atoms with E-state index in [1.54, 1.807) is 10.7 Å². The standard InChI is InChI=1S/C19H24N4O2/c1-22-12-13(11-20-22)17-8-4-10-23(17)19(25)21-16-7-2-6-15-14(16)5-3-9-18(15)24/h3,5,9,11-12,16-17,24H,2,4,6-8,10H2,1H3,(H,21,25). The van der Waals surface area contributed by atoms with Gasteiger partial charge in [0.25, 0.3) is 0 Å². The van der Waals surface area contributed by atoms with Gasteiger partial charge in [-0.15, -0.1) is 0 Å². The Bertz CT molecular complexity index is 785. The Balaban J connectivity index is 1.52. The first-order valence-electron chi connectivity index (χ1n) is 9.00. The van der Waals surface area contributed by atoms with E-state index in [-0.39, 0.29) is 18.1 Å². The maximum Gasteiger partial charge on any atom is 0.318 e. The number of likely N-dealkylation sites (tertiary alicyclic amines) is 1. The molecule has 2 unspecified atom stereocenters. The second-order valence-corrected chi connectivity index (χ2v) is 7.04. The largest absolute Gasteiger partial charge is 0.508 e. The quantitative estimate of drug-likeness (QED) is 0.883.